The molecular weight excluding hydrogens is 503 g/mol. The molecule has 4 rings (SSSR count). The van der Waals surface area contributed by atoms with Gasteiger partial charge in [0.25, 0.3) is 0 Å². The van der Waals surface area contributed by atoms with E-state index in [-0.39, 0.29) is 35.2 Å². The molecule has 2 aromatic rings. The first-order chi connectivity index (χ1) is 15.8. The molecule has 1 aliphatic heterocycles. The number of aromatic nitrogens is 3. The largest absolute Gasteiger partial charge is 0.335 e. The average molecular weight is 532 g/mol. The molecule has 2 aliphatic rings. The Morgan fingerprint density at radius 2 is 1.91 bits per heavy atom. The normalized spacial score (nSPS) is 20.8. The molecule has 11 heteroatoms. The molecule has 1 amide bonds. The van der Waals surface area contributed by atoms with E-state index in [9.17, 15) is 13.2 Å². The van der Waals surface area contributed by atoms with E-state index in [2.05, 4.69) is 10.2 Å². The quantitative estimate of drug-likeness (QED) is 0.481. The third kappa shape index (κ3) is 5.69. The third-order valence-electron chi connectivity index (χ3n) is 6.39. The predicted octanol–water partition coefficient (Wildman–Crippen LogP) is 4.71. The summed E-state index contributed by atoms with van der Waals surface area (Å²) in [6, 6.07) is 5.13. The van der Waals surface area contributed by atoms with Gasteiger partial charge in [-0.1, -0.05) is 54.2 Å². The minimum atomic E-state index is -3.07. The van der Waals surface area contributed by atoms with E-state index in [1.807, 2.05) is 22.5 Å². The number of benzene rings is 1. The molecule has 1 aliphatic carbocycles. The van der Waals surface area contributed by atoms with Crippen LogP contribution >= 0.6 is 35.0 Å². The smallest absolute Gasteiger partial charge is 0.233 e. The van der Waals surface area contributed by atoms with Crippen LogP contribution in [-0.4, -0.2) is 63.3 Å². The molecule has 1 aromatic heterocycles. The summed E-state index contributed by atoms with van der Waals surface area (Å²) in [4.78, 5) is 15.3. The number of hydrogen-bond donors (Lipinski definition) is 0. The van der Waals surface area contributed by atoms with Crippen LogP contribution < -0.4 is 0 Å². The second-order valence-corrected chi connectivity index (χ2v) is 12.6. The van der Waals surface area contributed by atoms with Crippen LogP contribution in [0.5, 0.6) is 0 Å². The lowest BCUT2D eigenvalue weighted by Crippen LogP contribution is -2.49. The van der Waals surface area contributed by atoms with Crippen molar-refractivity contribution in [3.05, 3.63) is 28.2 Å². The predicted molar refractivity (Wildman–Crippen MR) is 133 cm³/mol. The van der Waals surface area contributed by atoms with Gasteiger partial charge in [0.15, 0.2) is 20.8 Å². The second-order valence-electron chi connectivity index (χ2n) is 8.61. The van der Waals surface area contributed by atoms with Crippen molar-refractivity contribution in [3.8, 4) is 11.4 Å². The molecule has 0 unspecified atom stereocenters. The van der Waals surface area contributed by atoms with Crippen molar-refractivity contribution in [2.75, 3.05) is 17.3 Å². The highest BCUT2D eigenvalue weighted by atomic mass is 35.5. The number of rotatable bonds is 7. The molecule has 0 spiro atoms. The number of carbonyl (C=O) groups excluding carboxylic acids is 1. The van der Waals surface area contributed by atoms with Gasteiger partial charge < -0.3 is 9.47 Å². The summed E-state index contributed by atoms with van der Waals surface area (Å²) in [5.41, 5.74) is 0.730. The van der Waals surface area contributed by atoms with Crippen LogP contribution in [0.1, 0.15) is 45.4 Å². The summed E-state index contributed by atoms with van der Waals surface area (Å²) < 4.78 is 26.2. The fraction of sp³-hybridized carbons (Fsp3) is 0.591. The Morgan fingerprint density at radius 1 is 1.15 bits per heavy atom. The second kappa shape index (κ2) is 10.5. The number of hydrogen-bond acceptors (Lipinski definition) is 6. The lowest BCUT2D eigenvalue weighted by Gasteiger charge is -2.38. The summed E-state index contributed by atoms with van der Waals surface area (Å²) in [6.07, 6.45) is 5.74. The van der Waals surface area contributed by atoms with Gasteiger partial charge in [0.05, 0.1) is 22.3 Å². The Balaban J connectivity index is 1.52. The molecule has 0 radical (unpaired) electrons. The Hall–Kier alpha value is -1.29. The Morgan fingerprint density at radius 3 is 2.55 bits per heavy atom. The van der Waals surface area contributed by atoms with Gasteiger partial charge in [-0.25, -0.2) is 8.42 Å². The van der Waals surface area contributed by atoms with E-state index < -0.39 is 9.84 Å². The highest BCUT2D eigenvalue weighted by molar-refractivity contribution is 7.99. The van der Waals surface area contributed by atoms with Crippen molar-refractivity contribution in [2.45, 2.75) is 69.2 Å². The van der Waals surface area contributed by atoms with Crippen LogP contribution in [-0.2, 0) is 21.2 Å². The van der Waals surface area contributed by atoms with Gasteiger partial charge >= 0.3 is 0 Å². The van der Waals surface area contributed by atoms with Gasteiger partial charge in [-0.15, -0.1) is 10.2 Å². The molecule has 1 saturated heterocycles. The minimum Gasteiger partial charge on any atom is -0.335 e. The topological polar surface area (TPSA) is 85.2 Å². The van der Waals surface area contributed by atoms with E-state index in [4.69, 9.17) is 23.2 Å². The molecule has 180 valence electrons. The van der Waals surface area contributed by atoms with E-state index in [1.165, 1.54) is 18.2 Å². The summed E-state index contributed by atoms with van der Waals surface area (Å²) in [5, 5.41) is 10.3. The Labute approximate surface area is 209 Å². The summed E-state index contributed by atoms with van der Waals surface area (Å²) in [6.45, 7) is 2.60. The fourth-order valence-electron chi connectivity index (χ4n) is 4.81. The van der Waals surface area contributed by atoms with Crippen LogP contribution in [0.4, 0.5) is 0 Å². The highest BCUT2D eigenvalue weighted by Gasteiger charge is 2.38. The van der Waals surface area contributed by atoms with Crippen LogP contribution in [0.15, 0.2) is 23.4 Å². The first-order valence-electron chi connectivity index (χ1n) is 11.3. The molecule has 2 heterocycles. The summed E-state index contributed by atoms with van der Waals surface area (Å²) >= 11 is 13.7. The molecular formula is C22H28Cl2N4O3S2. The number of carbonyl (C=O) groups is 1. The van der Waals surface area contributed by atoms with Crippen LogP contribution in [0.2, 0.25) is 10.0 Å². The maximum absolute atomic E-state index is 13.4. The van der Waals surface area contributed by atoms with Gasteiger partial charge in [-0.05, 0) is 44.4 Å². The number of nitrogens with zero attached hydrogens (tertiary/aromatic N) is 4. The molecule has 2 fully saturated rings. The van der Waals surface area contributed by atoms with E-state index in [0.29, 0.717) is 34.0 Å². The van der Waals surface area contributed by atoms with Gasteiger partial charge in [0.1, 0.15) is 0 Å². The van der Waals surface area contributed by atoms with Gasteiger partial charge in [0, 0.05) is 29.2 Å². The average Bonchev–Trinajstić information content (AvgIpc) is 3.35. The zero-order valence-electron chi connectivity index (χ0n) is 18.5. The molecule has 33 heavy (non-hydrogen) atoms. The molecule has 7 nitrogen and oxygen atoms in total. The van der Waals surface area contributed by atoms with Gasteiger partial charge in [-0.2, -0.15) is 0 Å². The van der Waals surface area contributed by atoms with Crippen molar-refractivity contribution in [1.82, 2.24) is 19.7 Å². The van der Waals surface area contributed by atoms with Gasteiger partial charge in [0.2, 0.25) is 5.91 Å². The van der Waals surface area contributed by atoms with Crippen molar-refractivity contribution >= 4 is 50.7 Å². The van der Waals surface area contributed by atoms with Crippen molar-refractivity contribution in [3.63, 3.8) is 0 Å². The van der Waals surface area contributed by atoms with E-state index >= 15 is 0 Å². The minimum absolute atomic E-state index is 0.0225. The number of halogens is 2. The van der Waals surface area contributed by atoms with Crippen molar-refractivity contribution in [1.29, 1.82) is 0 Å². The molecule has 1 atom stereocenters. The first kappa shape index (κ1) is 24.8. The first-order valence-corrected chi connectivity index (χ1v) is 14.9. The monoisotopic (exact) mass is 530 g/mol. The SMILES string of the molecule is CCn1c(SCC(=O)N(C2CCCCC2)[C@H]2CCS(=O)(=O)C2)nnc1-c1ccc(Cl)cc1Cl. The van der Waals surface area contributed by atoms with Crippen molar-refractivity contribution < 1.29 is 13.2 Å². The van der Waals surface area contributed by atoms with Crippen LogP contribution in [0.3, 0.4) is 0 Å². The Kier molecular flexibility index (Phi) is 7.93. The standard InChI is InChI=1S/C22H28Cl2N4O3S2/c1-2-27-21(18-9-8-15(23)12-19(18)24)25-26-22(27)32-13-20(29)28(16-6-4-3-5-7-16)17-10-11-33(30,31)14-17/h8-9,12,16-17H,2-7,10-11,13-14H2,1H3/t17-/m0/s1. The van der Waals surface area contributed by atoms with Crippen LogP contribution in [0, 0.1) is 0 Å². The van der Waals surface area contributed by atoms with Gasteiger partial charge in [-0.3, -0.25) is 4.79 Å². The number of sulfone groups is 1. The van der Waals surface area contributed by atoms with Crippen LogP contribution in [0.25, 0.3) is 11.4 Å². The number of thioether (sulfide) groups is 1. The third-order valence-corrected chi connectivity index (χ3v) is 9.64. The molecule has 1 aromatic carbocycles. The number of amides is 1. The highest BCUT2D eigenvalue weighted by Crippen LogP contribution is 2.33. The van der Waals surface area contributed by atoms with E-state index in [0.717, 1.165) is 31.2 Å². The molecule has 0 N–H and O–H groups in total. The lowest BCUT2D eigenvalue weighted by atomic mass is 9.93. The fourth-order valence-corrected chi connectivity index (χ4v) is 7.89. The van der Waals surface area contributed by atoms with E-state index in [1.54, 1.807) is 12.1 Å². The zero-order chi connectivity index (χ0) is 23.6. The molecule has 0 bridgehead atoms. The molecule has 1 saturated carbocycles. The summed E-state index contributed by atoms with van der Waals surface area (Å²) in [7, 11) is -3.07. The maximum atomic E-state index is 13.4. The van der Waals surface area contributed by atoms with Crippen molar-refractivity contribution in [2.24, 2.45) is 0 Å². The summed E-state index contributed by atoms with van der Waals surface area (Å²) in [5.74, 6) is 1.03. The Bertz CT molecular complexity index is 1120. The zero-order valence-corrected chi connectivity index (χ0v) is 21.7. The lowest BCUT2D eigenvalue weighted by molar-refractivity contribution is -0.133. The maximum Gasteiger partial charge on any atom is 0.233 e.